The Balaban J connectivity index is 1.63. The minimum atomic E-state index is -0.632. The maximum Gasteiger partial charge on any atom is 0.407 e. The van der Waals surface area contributed by atoms with Crippen LogP contribution in [-0.4, -0.2) is 41.6 Å². The van der Waals surface area contributed by atoms with Gasteiger partial charge in [-0.05, 0) is 45.7 Å². The van der Waals surface area contributed by atoms with Gasteiger partial charge in [0.05, 0.1) is 0 Å². The number of nitrogens with one attached hydrogen (secondary N) is 1. The Morgan fingerprint density at radius 3 is 2.52 bits per heavy atom. The Bertz CT molecular complexity index is 904. The van der Waals surface area contributed by atoms with E-state index >= 15 is 0 Å². The lowest BCUT2D eigenvalue weighted by Gasteiger charge is -2.32. The quantitative estimate of drug-likeness (QED) is 0.819. The number of fused-ring (bicyclic) bond motifs is 1. The van der Waals surface area contributed by atoms with Crippen molar-refractivity contribution >= 4 is 23.0 Å². The molecule has 0 atom stereocenters. The normalized spacial score (nSPS) is 15.6. The average molecular weight is 372 g/mol. The predicted molar refractivity (Wildman–Crippen MR) is 101 cm³/mol. The molecule has 27 heavy (non-hydrogen) atoms. The summed E-state index contributed by atoms with van der Waals surface area (Å²) in [6.07, 6.45) is 0.746. The van der Waals surface area contributed by atoms with Crippen molar-refractivity contribution in [2.75, 3.05) is 13.1 Å². The summed E-state index contributed by atoms with van der Waals surface area (Å²) in [5.74, 6) is -0.342. The van der Waals surface area contributed by atoms with E-state index in [1.165, 1.54) is 0 Å². The van der Waals surface area contributed by atoms with Crippen LogP contribution in [0.15, 0.2) is 39.5 Å². The van der Waals surface area contributed by atoms with Crippen LogP contribution in [0.1, 0.15) is 44.0 Å². The number of hydrogen-bond donors (Lipinski definition) is 1. The van der Waals surface area contributed by atoms with Crippen molar-refractivity contribution in [2.45, 2.75) is 45.3 Å². The molecular weight excluding hydrogens is 348 g/mol. The number of nitrogens with zero attached hydrogens (tertiary/aromatic N) is 1. The van der Waals surface area contributed by atoms with Crippen LogP contribution in [0.25, 0.3) is 11.0 Å². The lowest BCUT2D eigenvalue weighted by molar-refractivity contribution is 0.0473. The third-order valence-corrected chi connectivity index (χ3v) is 4.37. The van der Waals surface area contributed by atoms with E-state index in [1.54, 1.807) is 29.2 Å². The molecule has 0 radical (unpaired) electrons. The van der Waals surface area contributed by atoms with E-state index in [1.807, 2.05) is 26.8 Å². The number of alkyl carbamates (subject to hydrolysis) is 1. The molecule has 1 aromatic heterocycles. The van der Waals surface area contributed by atoms with Gasteiger partial charge in [0.25, 0.3) is 5.91 Å². The Hall–Kier alpha value is -2.83. The van der Waals surface area contributed by atoms with Gasteiger partial charge in [0.15, 0.2) is 0 Å². The van der Waals surface area contributed by atoms with E-state index < -0.39 is 17.3 Å². The maximum absolute atomic E-state index is 12.7. The second kappa shape index (κ2) is 7.42. The van der Waals surface area contributed by atoms with Crippen LogP contribution >= 0.6 is 0 Å². The molecule has 3 rings (SSSR count). The van der Waals surface area contributed by atoms with Crippen molar-refractivity contribution in [1.82, 2.24) is 10.2 Å². The summed E-state index contributed by atoms with van der Waals surface area (Å²) in [4.78, 5) is 38.4. The van der Waals surface area contributed by atoms with E-state index in [2.05, 4.69) is 5.32 Å². The predicted octanol–water partition coefficient (Wildman–Crippen LogP) is 2.92. The van der Waals surface area contributed by atoms with Gasteiger partial charge in [-0.15, -0.1) is 0 Å². The Labute approximate surface area is 157 Å². The van der Waals surface area contributed by atoms with Crippen molar-refractivity contribution in [3.8, 4) is 0 Å². The van der Waals surface area contributed by atoms with E-state index in [0.717, 1.165) is 0 Å². The average Bonchev–Trinajstić information content (AvgIpc) is 2.59. The molecule has 0 spiro atoms. The Morgan fingerprint density at radius 1 is 1.19 bits per heavy atom. The zero-order valence-corrected chi connectivity index (χ0v) is 15.8. The molecule has 0 saturated carbocycles. The summed E-state index contributed by atoms with van der Waals surface area (Å²) < 4.78 is 10.5. The Morgan fingerprint density at radius 2 is 1.85 bits per heavy atom. The van der Waals surface area contributed by atoms with Crippen LogP contribution < -0.4 is 10.9 Å². The second-order valence-corrected chi connectivity index (χ2v) is 7.70. The zero-order chi connectivity index (χ0) is 19.6. The molecule has 0 bridgehead atoms. The molecule has 2 aromatic rings. The number of amides is 2. The van der Waals surface area contributed by atoms with Crippen molar-refractivity contribution in [3.63, 3.8) is 0 Å². The fourth-order valence-corrected chi connectivity index (χ4v) is 3.08. The number of hydrogen-bond acceptors (Lipinski definition) is 5. The van der Waals surface area contributed by atoms with Gasteiger partial charge < -0.3 is 19.4 Å². The molecule has 1 aliphatic rings. The van der Waals surface area contributed by atoms with Crippen LogP contribution in [0.2, 0.25) is 0 Å². The van der Waals surface area contributed by atoms with Gasteiger partial charge in [-0.25, -0.2) is 9.59 Å². The monoisotopic (exact) mass is 372 g/mol. The highest BCUT2D eigenvalue weighted by Gasteiger charge is 2.27. The van der Waals surface area contributed by atoms with Crippen LogP contribution in [0, 0.1) is 0 Å². The molecule has 1 aromatic carbocycles. The van der Waals surface area contributed by atoms with Gasteiger partial charge in [-0.3, -0.25) is 4.79 Å². The van der Waals surface area contributed by atoms with Gasteiger partial charge in [-0.2, -0.15) is 0 Å². The third-order valence-electron chi connectivity index (χ3n) is 4.37. The molecule has 144 valence electrons. The minimum Gasteiger partial charge on any atom is -0.444 e. The largest absolute Gasteiger partial charge is 0.444 e. The van der Waals surface area contributed by atoms with E-state index in [9.17, 15) is 14.4 Å². The number of piperidine rings is 1. The molecule has 2 amide bonds. The molecule has 1 aliphatic heterocycles. The van der Waals surface area contributed by atoms with E-state index in [-0.39, 0.29) is 17.5 Å². The summed E-state index contributed by atoms with van der Waals surface area (Å²) in [5.41, 5.74) is -0.690. The second-order valence-electron chi connectivity index (χ2n) is 7.70. The lowest BCUT2D eigenvalue weighted by atomic mass is 10.0. The van der Waals surface area contributed by atoms with E-state index in [4.69, 9.17) is 9.15 Å². The molecule has 1 saturated heterocycles. The molecule has 7 nitrogen and oxygen atoms in total. The number of benzene rings is 1. The first-order valence-corrected chi connectivity index (χ1v) is 9.04. The van der Waals surface area contributed by atoms with Gasteiger partial charge >= 0.3 is 11.7 Å². The molecule has 0 aliphatic carbocycles. The highest BCUT2D eigenvalue weighted by atomic mass is 16.6. The Kier molecular flexibility index (Phi) is 5.21. The number of rotatable bonds is 2. The van der Waals surface area contributed by atoms with Gasteiger partial charge in [0.1, 0.15) is 16.7 Å². The molecule has 1 fully saturated rings. The van der Waals surface area contributed by atoms with Crippen LogP contribution in [0.4, 0.5) is 4.79 Å². The SMILES string of the molecule is CC(C)(C)OC(=O)NC1CCN(C(=O)c2cc3ccccc3oc2=O)CC1. The number of carbonyl (C=O) groups excluding carboxylic acids is 2. The van der Waals surface area contributed by atoms with E-state index in [0.29, 0.717) is 36.9 Å². The fourth-order valence-electron chi connectivity index (χ4n) is 3.08. The number of carbonyl (C=O) groups is 2. The highest BCUT2D eigenvalue weighted by molar-refractivity contribution is 5.96. The van der Waals surface area contributed by atoms with Gasteiger partial charge in [0.2, 0.25) is 0 Å². The summed E-state index contributed by atoms with van der Waals surface area (Å²) in [7, 11) is 0. The summed E-state index contributed by atoms with van der Waals surface area (Å²) >= 11 is 0. The standard InChI is InChI=1S/C20H24N2O5/c1-20(2,3)27-19(25)21-14-8-10-22(11-9-14)17(23)15-12-13-6-4-5-7-16(13)26-18(15)24/h4-7,12,14H,8-11H2,1-3H3,(H,21,25). The molecule has 0 unspecified atom stereocenters. The summed E-state index contributed by atoms with van der Waals surface area (Å²) in [6, 6.07) is 8.61. The first-order valence-electron chi connectivity index (χ1n) is 9.04. The minimum absolute atomic E-state index is 0.0345. The maximum atomic E-state index is 12.7. The van der Waals surface area contributed by atoms with Gasteiger partial charge in [-0.1, -0.05) is 18.2 Å². The number of likely N-dealkylation sites (tertiary alicyclic amines) is 1. The molecular formula is C20H24N2O5. The highest BCUT2D eigenvalue weighted by Crippen LogP contribution is 2.17. The first kappa shape index (κ1) is 18.9. The van der Waals surface area contributed by atoms with Crippen LogP contribution in [-0.2, 0) is 4.74 Å². The molecule has 2 heterocycles. The summed E-state index contributed by atoms with van der Waals surface area (Å²) in [6.45, 7) is 6.33. The van der Waals surface area contributed by atoms with Crippen molar-refractivity contribution < 1.29 is 18.7 Å². The number of para-hydroxylation sites is 1. The van der Waals surface area contributed by atoms with Crippen LogP contribution in [0.3, 0.4) is 0 Å². The van der Waals surface area contributed by atoms with Crippen molar-refractivity contribution in [2.24, 2.45) is 0 Å². The topological polar surface area (TPSA) is 88.8 Å². The summed E-state index contributed by atoms with van der Waals surface area (Å²) in [5, 5.41) is 3.54. The first-order chi connectivity index (χ1) is 12.7. The van der Waals surface area contributed by atoms with Crippen molar-refractivity contribution in [3.05, 3.63) is 46.3 Å². The lowest BCUT2D eigenvalue weighted by Crippen LogP contribution is -2.48. The van der Waals surface area contributed by atoms with Gasteiger partial charge in [0, 0.05) is 24.5 Å². The zero-order valence-electron chi connectivity index (χ0n) is 15.8. The van der Waals surface area contributed by atoms with Crippen molar-refractivity contribution in [1.29, 1.82) is 0 Å². The third kappa shape index (κ3) is 4.67. The van der Waals surface area contributed by atoms with Crippen LogP contribution in [0.5, 0.6) is 0 Å². The fraction of sp³-hybridized carbons (Fsp3) is 0.450. The molecule has 1 N–H and O–H groups in total. The smallest absolute Gasteiger partial charge is 0.407 e. The molecule has 7 heteroatoms. The number of ether oxygens (including phenoxy) is 1.